The number of pyridine rings is 1. The number of benzene rings is 1. The van der Waals surface area contributed by atoms with Crippen LogP contribution in [0.25, 0.3) is 16.8 Å². The average molecular weight is 508 g/mol. The number of aromatic nitrogens is 2. The van der Waals surface area contributed by atoms with Crippen molar-refractivity contribution in [3.63, 3.8) is 0 Å². The molecule has 5 rings (SSSR count). The maximum atomic E-state index is 14.5. The van der Waals surface area contributed by atoms with Crippen LogP contribution in [-0.4, -0.2) is 65.0 Å². The Morgan fingerprint density at radius 1 is 1.14 bits per heavy atom. The standard InChI is InChI=1S/C28H34FN5O3/c1-18(30-2)27(35)32-25(20-10-13-37-14-11-20)28(36)34-12-6-9-24(34)23-17-33-16-21(29)15-22(26(33)31-23)19-7-4-3-5-8-19/h3-5,7-8,15-18,20,24-25,30H,6,9-14H2,1-2H3,(H,32,35)/t18-,24-,25-/m0/s1. The van der Waals surface area contributed by atoms with Crippen LogP contribution in [0, 0.1) is 11.7 Å². The number of carbonyl (C=O) groups is 2. The number of fused-ring (bicyclic) bond motifs is 1. The number of amides is 2. The van der Waals surface area contributed by atoms with Crippen molar-refractivity contribution in [2.24, 2.45) is 5.92 Å². The van der Waals surface area contributed by atoms with Crippen LogP contribution in [0.2, 0.25) is 0 Å². The molecule has 3 aromatic rings. The van der Waals surface area contributed by atoms with Gasteiger partial charge in [-0.15, -0.1) is 0 Å². The Balaban J connectivity index is 1.46. The molecule has 8 nitrogen and oxygen atoms in total. The van der Waals surface area contributed by atoms with Crippen LogP contribution in [0.15, 0.2) is 48.8 Å². The normalized spacial score (nSPS) is 20.2. The van der Waals surface area contributed by atoms with Crippen molar-refractivity contribution in [2.45, 2.75) is 50.7 Å². The van der Waals surface area contributed by atoms with Gasteiger partial charge in [-0.1, -0.05) is 30.3 Å². The van der Waals surface area contributed by atoms with Crippen molar-refractivity contribution in [3.8, 4) is 11.1 Å². The number of nitrogens with zero attached hydrogens (tertiary/aromatic N) is 3. The van der Waals surface area contributed by atoms with Crippen LogP contribution < -0.4 is 10.6 Å². The van der Waals surface area contributed by atoms with E-state index in [1.807, 2.05) is 41.4 Å². The molecule has 0 unspecified atom stereocenters. The second-order valence-corrected chi connectivity index (χ2v) is 9.97. The number of ether oxygens (including phenoxy) is 1. The molecule has 0 radical (unpaired) electrons. The van der Waals surface area contributed by atoms with Gasteiger partial charge in [0.2, 0.25) is 11.8 Å². The number of halogens is 1. The molecule has 196 valence electrons. The Bertz CT molecular complexity index is 1260. The lowest BCUT2D eigenvalue weighted by atomic mass is 9.90. The zero-order valence-electron chi connectivity index (χ0n) is 21.3. The highest BCUT2D eigenvalue weighted by Gasteiger charge is 2.40. The highest BCUT2D eigenvalue weighted by atomic mass is 19.1. The summed E-state index contributed by atoms with van der Waals surface area (Å²) in [6.07, 6.45) is 6.29. The molecule has 2 aliphatic heterocycles. The first-order valence-electron chi connectivity index (χ1n) is 13.1. The molecule has 1 aromatic carbocycles. The molecule has 3 atom stereocenters. The fourth-order valence-corrected chi connectivity index (χ4v) is 5.43. The first-order valence-corrected chi connectivity index (χ1v) is 13.1. The predicted octanol–water partition coefficient (Wildman–Crippen LogP) is 3.32. The lowest BCUT2D eigenvalue weighted by molar-refractivity contribution is -0.140. The summed E-state index contributed by atoms with van der Waals surface area (Å²) in [6, 6.07) is 9.85. The Hall–Kier alpha value is -3.30. The molecule has 2 fully saturated rings. The molecule has 2 aliphatic rings. The summed E-state index contributed by atoms with van der Waals surface area (Å²) in [5.74, 6) is -0.623. The van der Waals surface area contributed by atoms with E-state index >= 15 is 0 Å². The van der Waals surface area contributed by atoms with E-state index in [-0.39, 0.29) is 29.6 Å². The third-order valence-electron chi connectivity index (χ3n) is 7.63. The zero-order valence-corrected chi connectivity index (χ0v) is 21.3. The summed E-state index contributed by atoms with van der Waals surface area (Å²) in [7, 11) is 1.72. The summed E-state index contributed by atoms with van der Waals surface area (Å²) in [4.78, 5) is 33.5. The third kappa shape index (κ3) is 5.24. The number of hydrogen-bond acceptors (Lipinski definition) is 5. The van der Waals surface area contributed by atoms with E-state index in [9.17, 15) is 14.0 Å². The van der Waals surface area contributed by atoms with E-state index in [1.54, 1.807) is 18.4 Å². The quantitative estimate of drug-likeness (QED) is 0.512. The second-order valence-electron chi connectivity index (χ2n) is 9.97. The highest BCUT2D eigenvalue weighted by Crippen LogP contribution is 2.35. The van der Waals surface area contributed by atoms with E-state index < -0.39 is 12.1 Å². The van der Waals surface area contributed by atoms with E-state index in [4.69, 9.17) is 9.72 Å². The van der Waals surface area contributed by atoms with Gasteiger partial charge >= 0.3 is 0 Å². The SMILES string of the molecule is CN[C@@H](C)C(=O)N[C@H](C(=O)N1CCC[C@H]1c1cn2cc(F)cc(-c3ccccc3)c2n1)C1CCOCC1. The number of nitrogens with one attached hydrogen (secondary N) is 2. The number of carbonyl (C=O) groups excluding carboxylic acids is 2. The summed E-state index contributed by atoms with van der Waals surface area (Å²) in [5.41, 5.74) is 2.97. The molecule has 0 saturated carbocycles. The monoisotopic (exact) mass is 507 g/mol. The Morgan fingerprint density at radius 2 is 1.89 bits per heavy atom. The topological polar surface area (TPSA) is 88.0 Å². The molecule has 0 bridgehead atoms. The van der Waals surface area contributed by atoms with E-state index in [1.165, 1.54) is 12.3 Å². The first-order chi connectivity index (χ1) is 18.0. The largest absolute Gasteiger partial charge is 0.381 e. The lowest BCUT2D eigenvalue weighted by Crippen LogP contribution is -2.56. The van der Waals surface area contributed by atoms with Gasteiger partial charge < -0.3 is 24.7 Å². The Labute approximate surface area is 216 Å². The molecule has 2 aromatic heterocycles. The first kappa shape index (κ1) is 25.4. The average Bonchev–Trinajstić information content (AvgIpc) is 3.58. The van der Waals surface area contributed by atoms with Crippen LogP contribution in [0.4, 0.5) is 4.39 Å². The van der Waals surface area contributed by atoms with Gasteiger partial charge in [0.25, 0.3) is 0 Å². The summed E-state index contributed by atoms with van der Waals surface area (Å²) in [5, 5.41) is 5.98. The van der Waals surface area contributed by atoms with Gasteiger partial charge in [0.15, 0.2) is 0 Å². The predicted molar refractivity (Wildman–Crippen MR) is 138 cm³/mol. The Morgan fingerprint density at radius 3 is 2.62 bits per heavy atom. The van der Waals surface area contributed by atoms with Crippen molar-refractivity contribution >= 4 is 17.5 Å². The van der Waals surface area contributed by atoms with Crippen molar-refractivity contribution in [1.29, 1.82) is 0 Å². The van der Waals surface area contributed by atoms with Gasteiger partial charge in [0.05, 0.1) is 17.8 Å². The lowest BCUT2D eigenvalue weighted by Gasteiger charge is -2.35. The molecular formula is C28H34FN5O3. The highest BCUT2D eigenvalue weighted by molar-refractivity contribution is 5.90. The van der Waals surface area contributed by atoms with Gasteiger partial charge in [-0.25, -0.2) is 9.37 Å². The van der Waals surface area contributed by atoms with E-state index in [0.717, 1.165) is 36.9 Å². The van der Waals surface area contributed by atoms with Crippen LogP contribution in [0.3, 0.4) is 0 Å². The van der Waals surface area contributed by atoms with Crippen LogP contribution in [-0.2, 0) is 14.3 Å². The van der Waals surface area contributed by atoms with Gasteiger partial charge in [0, 0.05) is 37.7 Å². The van der Waals surface area contributed by atoms with E-state index in [0.29, 0.717) is 31.0 Å². The molecule has 37 heavy (non-hydrogen) atoms. The molecular weight excluding hydrogens is 473 g/mol. The van der Waals surface area contributed by atoms with Crippen molar-refractivity contribution in [1.82, 2.24) is 24.9 Å². The van der Waals surface area contributed by atoms with Crippen molar-refractivity contribution in [2.75, 3.05) is 26.8 Å². The van der Waals surface area contributed by atoms with Crippen LogP contribution in [0.1, 0.15) is 44.3 Å². The second kappa shape index (κ2) is 11.0. The molecule has 2 N–H and O–H groups in total. The molecule has 0 spiro atoms. The molecule has 2 saturated heterocycles. The number of hydrogen-bond donors (Lipinski definition) is 2. The van der Waals surface area contributed by atoms with Gasteiger partial charge in [-0.2, -0.15) is 0 Å². The minimum absolute atomic E-state index is 0.00959. The molecule has 0 aliphatic carbocycles. The minimum Gasteiger partial charge on any atom is -0.381 e. The summed E-state index contributed by atoms with van der Waals surface area (Å²) in [6.45, 7) is 3.53. The van der Waals surface area contributed by atoms with Crippen molar-refractivity contribution in [3.05, 3.63) is 60.3 Å². The maximum Gasteiger partial charge on any atom is 0.246 e. The van der Waals surface area contributed by atoms with Gasteiger partial charge in [-0.05, 0) is 57.2 Å². The number of imidazole rings is 1. The number of likely N-dealkylation sites (tertiary alicyclic amines) is 1. The minimum atomic E-state index is -0.623. The smallest absolute Gasteiger partial charge is 0.246 e. The summed E-state index contributed by atoms with van der Waals surface area (Å²) >= 11 is 0. The van der Waals surface area contributed by atoms with Crippen LogP contribution >= 0.6 is 0 Å². The van der Waals surface area contributed by atoms with E-state index in [2.05, 4.69) is 10.6 Å². The molecule has 2 amide bonds. The van der Waals surface area contributed by atoms with Gasteiger partial charge in [0.1, 0.15) is 17.5 Å². The zero-order chi connectivity index (χ0) is 25.9. The van der Waals surface area contributed by atoms with Crippen molar-refractivity contribution < 1.29 is 18.7 Å². The van der Waals surface area contributed by atoms with Crippen LogP contribution in [0.5, 0.6) is 0 Å². The molecule has 4 heterocycles. The fraction of sp³-hybridized carbons (Fsp3) is 0.464. The maximum absolute atomic E-state index is 14.5. The molecule has 9 heteroatoms. The number of likely N-dealkylation sites (N-methyl/N-ethyl adjacent to an activating group) is 1. The fourth-order valence-electron chi connectivity index (χ4n) is 5.43. The Kier molecular flexibility index (Phi) is 7.53. The van der Waals surface area contributed by atoms with Gasteiger partial charge in [-0.3, -0.25) is 9.59 Å². The number of rotatable bonds is 7. The summed E-state index contributed by atoms with van der Waals surface area (Å²) < 4.78 is 21.8. The third-order valence-corrected chi connectivity index (χ3v) is 7.63.